The molecule has 1 heterocycles. The molecule has 0 spiro atoms. The molecule has 20 heavy (non-hydrogen) atoms. The van der Waals surface area contributed by atoms with Gasteiger partial charge >= 0.3 is 0 Å². The molecule has 0 aromatic heterocycles. The van der Waals surface area contributed by atoms with Crippen LogP contribution in [0, 0.1) is 13.8 Å². The first-order chi connectivity index (χ1) is 9.63. The van der Waals surface area contributed by atoms with Crippen LogP contribution in [0.2, 0.25) is 0 Å². The molecule has 0 unspecified atom stereocenters. The fraction of sp³-hybridized carbons (Fsp3) is 0.294. The van der Waals surface area contributed by atoms with Gasteiger partial charge in [0, 0.05) is 17.4 Å². The van der Waals surface area contributed by atoms with E-state index in [1.165, 1.54) is 27.9 Å². The number of hydrogen-bond acceptors (Lipinski definition) is 2. The molecule has 0 radical (unpaired) electrons. The Kier molecular flexibility index (Phi) is 3.70. The molecule has 0 bridgehead atoms. The monoisotopic (exact) mass is 331 g/mol. The van der Waals surface area contributed by atoms with Crippen molar-refractivity contribution in [1.29, 1.82) is 0 Å². The third-order valence-corrected chi connectivity index (χ3v) is 4.28. The number of fused-ring (bicyclic) bond motifs is 1. The number of anilines is 1. The van der Waals surface area contributed by atoms with Crippen LogP contribution >= 0.6 is 15.9 Å². The SMILES string of the molecule is Cc1cc(C)c(NCc2ccc3c(c2)CCO3)c(Br)c1. The molecule has 0 saturated heterocycles. The second-order valence-electron chi connectivity index (χ2n) is 5.33. The molecule has 1 aliphatic rings. The molecule has 2 nitrogen and oxygen atoms in total. The van der Waals surface area contributed by atoms with Crippen LogP contribution in [0.25, 0.3) is 0 Å². The van der Waals surface area contributed by atoms with E-state index in [1.807, 2.05) is 0 Å². The lowest BCUT2D eigenvalue weighted by Gasteiger charge is -2.13. The van der Waals surface area contributed by atoms with Crippen molar-refractivity contribution < 1.29 is 4.74 Å². The first-order valence-electron chi connectivity index (χ1n) is 6.89. The molecule has 2 aromatic rings. The van der Waals surface area contributed by atoms with Crippen molar-refractivity contribution in [3.05, 3.63) is 57.1 Å². The van der Waals surface area contributed by atoms with Gasteiger partial charge in [-0.05, 0) is 64.2 Å². The van der Waals surface area contributed by atoms with Crippen molar-refractivity contribution in [1.82, 2.24) is 0 Å². The van der Waals surface area contributed by atoms with Gasteiger partial charge < -0.3 is 10.1 Å². The number of nitrogens with one attached hydrogen (secondary N) is 1. The Labute approximate surface area is 128 Å². The van der Waals surface area contributed by atoms with Crippen LogP contribution in [0.15, 0.2) is 34.8 Å². The maximum absolute atomic E-state index is 5.54. The lowest BCUT2D eigenvalue weighted by Crippen LogP contribution is -2.02. The summed E-state index contributed by atoms with van der Waals surface area (Å²) < 4.78 is 6.66. The van der Waals surface area contributed by atoms with Gasteiger partial charge in [-0.1, -0.05) is 18.2 Å². The zero-order valence-electron chi connectivity index (χ0n) is 11.8. The number of aryl methyl sites for hydroxylation is 2. The summed E-state index contributed by atoms with van der Waals surface area (Å²) in [6.45, 7) is 5.89. The normalized spacial score (nSPS) is 12.9. The molecular formula is C17H18BrNO. The first kappa shape index (κ1) is 13.5. The van der Waals surface area contributed by atoms with Gasteiger partial charge in [0.1, 0.15) is 5.75 Å². The number of hydrogen-bond donors (Lipinski definition) is 1. The van der Waals surface area contributed by atoms with Crippen LogP contribution in [0.5, 0.6) is 5.75 Å². The van der Waals surface area contributed by atoms with Crippen LogP contribution in [0.4, 0.5) is 5.69 Å². The summed E-state index contributed by atoms with van der Waals surface area (Å²) in [6, 6.07) is 10.8. The molecule has 0 atom stereocenters. The standard InChI is InChI=1S/C17H18BrNO/c1-11-7-12(2)17(15(18)8-11)19-10-13-3-4-16-14(9-13)5-6-20-16/h3-4,7-9,19H,5-6,10H2,1-2H3. The Morgan fingerprint density at radius 1 is 1.20 bits per heavy atom. The molecule has 1 N–H and O–H groups in total. The zero-order valence-corrected chi connectivity index (χ0v) is 13.4. The molecule has 2 aromatic carbocycles. The topological polar surface area (TPSA) is 21.3 Å². The number of halogens is 1. The maximum atomic E-state index is 5.54. The summed E-state index contributed by atoms with van der Waals surface area (Å²) in [7, 11) is 0. The van der Waals surface area contributed by atoms with E-state index in [4.69, 9.17) is 4.74 Å². The number of benzene rings is 2. The summed E-state index contributed by atoms with van der Waals surface area (Å²) in [6.07, 6.45) is 1.02. The highest BCUT2D eigenvalue weighted by Gasteiger charge is 2.12. The van der Waals surface area contributed by atoms with Crippen LogP contribution in [-0.4, -0.2) is 6.61 Å². The smallest absolute Gasteiger partial charge is 0.122 e. The highest BCUT2D eigenvalue weighted by Crippen LogP contribution is 2.29. The molecule has 3 heteroatoms. The quantitative estimate of drug-likeness (QED) is 0.886. The fourth-order valence-corrected chi connectivity index (χ4v) is 3.49. The molecule has 0 aliphatic carbocycles. The third kappa shape index (κ3) is 2.68. The van der Waals surface area contributed by atoms with E-state index in [0.29, 0.717) is 0 Å². The largest absolute Gasteiger partial charge is 0.493 e. The van der Waals surface area contributed by atoms with Crippen LogP contribution < -0.4 is 10.1 Å². The van der Waals surface area contributed by atoms with Gasteiger partial charge in [-0.2, -0.15) is 0 Å². The van der Waals surface area contributed by atoms with Gasteiger partial charge in [0.15, 0.2) is 0 Å². The molecule has 0 fully saturated rings. The lowest BCUT2D eigenvalue weighted by molar-refractivity contribution is 0.357. The second-order valence-corrected chi connectivity index (χ2v) is 6.19. The van der Waals surface area contributed by atoms with Gasteiger partial charge in [0.25, 0.3) is 0 Å². The number of ether oxygens (including phenoxy) is 1. The second kappa shape index (κ2) is 5.49. The molecule has 0 amide bonds. The molecule has 0 saturated carbocycles. The van der Waals surface area contributed by atoms with Gasteiger partial charge in [0.05, 0.1) is 12.3 Å². The summed E-state index contributed by atoms with van der Waals surface area (Å²) in [5.41, 5.74) is 6.33. The van der Waals surface area contributed by atoms with Gasteiger partial charge in [0.2, 0.25) is 0 Å². The maximum Gasteiger partial charge on any atom is 0.122 e. The minimum Gasteiger partial charge on any atom is -0.493 e. The van der Waals surface area contributed by atoms with Crippen LogP contribution in [0.1, 0.15) is 22.3 Å². The van der Waals surface area contributed by atoms with E-state index < -0.39 is 0 Å². The van der Waals surface area contributed by atoms with Crippen LogP contribution in [0.3, 0.4) is 0 Å². The van der Waals surface area contributed by atoms with Crippen molar-refractivity contribution in [3.8, 4) is 5.75 Å². The summed E-state index contributed by atoms with van der Waals surface area (Å²) in [4.78, 5) is 0. The summed E-state index contributed by atoms with van der Waals surface area (Å²) in [5, 5.41) is 3.53. The minimum absolute atomic E-state index is 0.814. The summed E-state index contributed by atoms with van der Waals surface area (Å²) in [5.74, 6) is 1.04. The Morgan fingerprint density at radius 2 is 2.05 bits per heavy atom. The predicted molar refractivity (Wildman–Crippen MR) is 86.6 cm³/mol. The van der Waals surface area contributed by atoms with Crippen molar-refractivity contribution in [2.45, 2.75) is 26.8 Å². The van der Waals surface area contributed by atoms with Gasteiger partial charge in [-0.3, -0.25) is 0 Å². The van der Waals surface area contributed by atoms with E-state index in [2.05, 4.69) is 65.4 Å². The van der Waals surface area contributed by atoms with E-state index in [-0.39, 0.29) is 0 Å². The van der Waals surface area contributed by atoms with E-state index in [1.54, 1.807) is 0 Å². The predicted octanol–water partition coefficient (Wildman–Crippen LogP) is 4.61. The molecular weight excluding hydrogens is 314 g/mol. The van der Waals surface area contributed by atoms with Crippen molar-refractivity contribution in [2.24, 2.45) is 0 Å². The van der Waals surface area contributed by atoms with Gasteiger partial charge in [-0.15, -0.1) is 0 Å². The fourth-order valence-electron chi connectivity index (χ4n) is 2.68. The average molecular weight is 332 g/mol. The van der Waals surface area contributed by atoms with Crippen molar-refractivity contribution >= 4 is 21.6 Å². The lowest BCUT2D eigenvalue weighted by atomic mass is 10.1. The van der Waals surface area contributed by atoms with E-state index in [0.717, 1.165) is 29.8 Å². The Balaban J connectivity index is 1.77. The summed E-state index contributed by atoms with van der Waals surface area (Å²) >= 11 is 3.64. The Hall–Kier alpha value is -1.48. The Morgan fingerprint density at radius 3 is 2.85 bits per heavy atom. The van der Waals surface area contributed by atoms with Crippen molar-refractivity contribution in [2.75, 3.05) is 11.9 Å². The molecule has 104 valence electrons. The highest BCUT2D eigenvalue weighted by molar-refractivity contribution is 9.10. The molecule has 1 aliphatic heterocycles. The first-order valence-corrected chi connectivity index (χ1v) is 7.68. The van der Waals surface area contributed by atoms with Gasteiger partial charge in [-0.25, -0.2) is 0 Å². The average Bonchev–Trinajstić information content (AvgIpc) is 2.84. The van der Waals surface area contributed by atoms with Crippen LogP contribution in [-0.2, 0) is 13.0 Å². The van der Waals surface area contributed by atoms with E-state index in [9.17, 15) is 0 Å². The third-order valence-electron chi connectivity index (χ3n) is 3.65. The highest BCUT2D eigenvalue weighted by atomic mass is 79.9. The molecule has 3 rings (SSSR count). The number of rotatable bonds is 3. The van der Waals surface area contributed by atoms with E-state index >= 15 is 0 Å². The zero-order chi connectivity index (χ0) is 14.1. The van der Waals surface area contributed by atoms with Crippen molar-refractivity contribution in [3.63, 3.8) is 0 Å². The Bertz CT molecular complexity index is 628. The minimum atomic E-state index is 0.814.